The Bertz CT molecular complexity index is 516. The fourth-order valence-corrected chi connectivity index (χ4v) is 1.72. The van der Waals surface area contributed by atoms with Crippen LogP contribution >= 0.6 is 0 Å². The molecule has 2 rings (SSSR count). The molecule has 0 bridgehead atoms. The van der Waals surface area contributed by atoms with E-state index in [0.29, 0.717) is 17.2 Å². The first kappa shape index (κ1) is 14.2. The Kier molecular flexibility index (Phi) is 4.45. The second-order valence-electron chi connectivity index (χ2n) is 4.66. The molecule has 0 radical (unpaired) electrons. The molecule has 0 aliphatic carbocycles. The second-order valence-corrected chi connectivity index (χ2v) is 4.66. The molecule has 1 atom stereocenters. The first-order valence-corrected chi connectivity index (χ1v) is 6.57. The van der Waals surface area contributed by atoms with E-state index in [0.717, 1.165) is 6.42 Å². The van der Waals surface area contributed by atoms with Crippen molar-refractivity contribution in [2.45, 2.75) is 26.3 Å². The lowest BCUT2D eigenvalue weighted by Crippen LogP contribution is -2.35. The van der Waals surface area contributed by atoms with Crippen molar-refractivity contribution in [2.75, 3.05) is 18.5 Å². The van der Waals surface area contributed by atoms with Gasteiger partial charge in [-0.1, -0.05) is 6.92 Å². The smallest absolute Gasteiger partial charge is 0.262 e. The Morgan fingerprint density at radius 1 is 1.55 bits per heavy atom. The van der Waals surface area contributed by atoms with Crippen molar-refractivity contribution >= 4 is 17.5 Å². The van der Waals surface area contributed by atoms with Crippen molar-refractivity contribution in [3.63, 3.8) is 0 Å². The van der Waals surface area contributed by atoms with Gasteiger partial charge in [0.25, 0.3) is 11.8 Å². The van der Waals surface area contributed by atoms with Crippen LogP contribution in [0.3, 0.4) is 0 Å². The molecule has 0 saturated heterocycles. The van der Waals surface area contributed by atoms with Crippen LogP contribution in [0.2, 0.25) is 0 Å². The van der Waals surface area contributed by atoms with E-state index in [9.17, 15) is 9.59 Å². The summed E-state index contributed by atoms with van der Waals surface area (Å²) in [5.74, 6) is 0.733. The van der Waals surface area contributed by atoms with Crippen LogP contribution in [0.1, 0.15) is 20.3 Å². The zero-order chi connectivity index (χ0) is 14.5. The molecule has 1 aliphatic rings. The number of ether oxygens (including phenoxy) is 2. The van der Waals surface area contributed by atoms with E-state index >= 15 is 0 Å². The molecule has 108 valence electrons. The van der Waals surface area contributed by atoms with Gasteiger partial charge in [0.15, 0.2) is 13.2 Å². The van der Waals surface area contributed by atoms with Crippen molar-refractivity contribution in [1.82, 2.24) is 5.32 Å². The Hall–Kier alpha value is -2.24. The number of benzene rings is 1. The fourth-order valence-electron chi connectivity index (χ4n) is 1.72. The van der Waals surface area contributed by atoms with Gasteiger partial charge in [-0.05, 0) is 25.5 Å². The lowest BCUT2D eigenvalue weighted by atomic mass is 10.2. The molecule has 1 unspecified atom stereocenters. The van der Waals surface area contributed by atoms with Gasteiger partial charge in [0.05, 0.1) is 5.69 Å². The van der Waals surface area contributed by atoms with Crippen molar-refractivity contribution in [3.05, 3.63) is 18.2 Å². The topological polar surface area (TPSA) is 76.7 Å². The van der Waals surface area contributed by atoms with Gasteiger partial charge in [-0.25, -0.2) is 0 Å². The van der Waals surface area contributed by atoms with E-state index in [1.54, 1.807) is 18.2 Å². The summed E-state index contributed by atoms with van der Waals surface area (Å²) >= 11 is 0. The van der Waals surface area contributed by atoms with E-state index in [4.69, 9.17) is 9.47 Å². The lowest BCUT2D eigenvalue weighted by molar-refractivity contribution is -0.123. The number of carbonyl (C=O) groups is 2. The number of rotatable bonds is 5. The number of hydrogen-bond acceptors (Lipinski definition) is 4. The van der Waals surface area contributed by atoms with Crippen molar-refractivity contribution < 1.29 is 19.1 Å². The minimum Gasteiger partial charge on any atom is -0.484 e. The average Bonchev–Trinajstić information content (AvgIpc) is 2.44. The maximum Gasteiger partial charge on any atom is 0.262 e. The van der Waals surface area contributed by atoms with Crippen molar-refractivity contribution in [1.29, 1.82) is 0 Å². The van der Waals surface area contributed by atoms with Gasteiger partial charge < -0.3 is 20.1 Å². The number of nitrogens with one attached hydrogen (secondary N) is 2. The molecule has 6 heteroatoms. The Labute approximate surface area is 117 Å². The molecule has 0 fully saturated rings. The van der Waals surface area contributed by atoms with E-state index < -0.39 is 0 Å². The Balaban J connectivity index is 1.92. The third kappa shape index (κ3) is 3.63. The summed E-state index contributed by atoms with van der Waals surface area (Å²) in [6.45, 7) is 3.89. The van der Waals surface area contributed by atoms with Crippen LogP contribution in [-0.2, 0) is 9.59 Å². The maximum atomic E-state index is 11.6. The molecule has 0 aromatic heterocycles. The molecule has 0 saturated carbocycles. The van der Waals surface area contributed by atoms with Gasteiger partial charge in [0.1, 0.15) is 11.5 Å². The summed E-state index contributed by atoms with van der Waals surface area (Å²) < 4.78 is 10.6. The summed E-state index contributed by atoms with van der Waals surface area (Å²) in [7, 11) is 0. The highest BCUT2D eigenvalue weighted by Gasteiger charge is 2.16. The van der Waals surface area contributed by atoms with Crippen LogP contribution in [0.5, 0.6) is 11.5 Å². The molecule has 0 spiro atoms. The van der Waals surface area contributed by atoms with Crippen molar-refractivity contribution in [3.8, 4) is 11.5 Å². The predicted molar refractivity (Wildman–Crippen MR) is 74.0 cm³/mol. The molecule has 2 amide bonds. The standard InChI is InChI=1S/C14H18N2O4/c1-3-9(2)15-13(17)7-19-10-4-5-12-11(6-10)16-14(18)8-20-12/h4-6,9H,3,7-8H2,1-2H3,(H,15,17)(H,16,18). The zero-order valence-corrected chi connectivity index (χ0v) is 11.6. The van der Waals surface area contributed by atoms with Gasteiger partial charge in [-0.2, -0.15) is 0 Å². The van der Waals surface area contributed by atoms with Gasteiger partial charge in [-0.15, -0.1) is 0 Å². The zero-order valence-electron chi connectivity index (χ0n) is 11.6. The normalized spacial score (nSPS) is 14.6. The van der Waals surface area contributed by atoms with E-state index in [2.05, 4.69) is 10.6 Å². The van der Waals surface area contributed by atoms with Crippen LogP contribution in [0.4, 0.5) is 5.69 Å². The minimum atomic E-state index is -0.204. The quantitative estimate of drug-likeness (QED) is 0.851. The number of fused-ring (bicyclic) bond motifs is 1. The lowest BCUT2D eigenvalue weighted by Gasteiger charge is -2.18. The first-order chi connectivity index (χ1) is 9.58. The average molecular weight is 278 g/mol. The Morgan fingerprint density at radius 3 is 3.10 bits per heavy atom. The summed E-state index contributed by atoms with van der Waals surface area (Å²) in [5.41, 5.74) is 0.557. The molecule has 20 heavy (non-hydrogen) atoms. The van der Waals surface area contributed by atoms with Crippen LogP contribution in [0.15, 0.2) is 18.2 Å². The molecule has 1 aliphatic heterocycles. The van der Waals surface area contributed by atoms with Crippen LogP contribution in [-0.4, -0.2) is 31.1 Å². The maximum absolute atomic E-state index is 11.6. The number of anilines is 1. The predicted octanol–water partition coefficient (Wildman–Crippen LogP) is 1.31. The molecule has 1 aromatic carbocycles. The monoisotopic (exact) mass is 278 g/mol. The van der Waals surface area contributed by atoms with Gasteiger partial charge in [0, 0.05) is 12.1 Å². The minimum absolute atomic E-state index is 0.0184. The van der Waals surface area contributed by atoms with E-state index in [-0.39, 0.29) is 31.1 Å². The fraction of sp³-hybridized carbons (Fsp3) is 0.429. The number of hydrogen-bond donors (Lipinski definition) is 2. The Morgan fingerprint density at radius 2 is 2.35 bits per heavy atom. The summed E-state index contributed by atoms with van der Waals surface area (Å²) in [5, 5.41) is 5.50. The molecule has 1 heterocycles. The largest absolute Gasteiger partial charge is 0.484 e. The van der Waals surface area contributed by atoms with Crippen LogP contribution in [0, 0.1) is 0 Å². The van der Waals surface area contributed by atoms with Crippen molar-refractivity contribution in [2.24, 2.45) is 0 Å². The van der Waals surface area contributed by atoms with Gasteiger partial charge >= 0.3 is 0 Å². The highest BCUT2D eigenvalue weighted by Crippen LogP contribution is 2.31. The van der Waals surface area contributed by atoms with Crippen LogP contribution < -0.4 is 20.1 Å². The van der Waals surface area contributed by atoms with E-state index in [1.165, 1.54) is 0 Å². The van der Waals surface area contributed by atoms with Crippen LogP contribution in [0.25, 0.3) is 0 Å². The molecule has 1 aromatic rings. The summed E-state index contributed by atoms with van der Waals surface area (Å²) in [6.07, 6.45) is 0.869. The number of amides is 2. The molecular formula is C14H18N2O4. The number of carbonyl (C=O) groups excluding carboxylic acids is 2. The van der Waals surface area contributed by atoms with Gasteiger partial charge in [-0.3, -0.25) is 9.59 Å². The molecular weight excluding hydrogens is 260 g/mol. The third-order valence-corrected chi connectivity index (χ3v) is 2.97. The van der Waals surface area contributed by atoms with Gasteiger partial charge in [0.2, 0.25) is 0 Å². The summed E-state index contributed by atoms with van der Waals surface area (Å²) in [4.78, 5) is 22.8. The molecule has 6 nitrogen and oxygen atoms in total. The highest BCUT2D eigenvalue weighted by atomic mass is 16.5. The third-order valence-electron chi connectivity index (χ3n) is 2.97. The SMILES string of the molecule is CCC(C)NC(=O)COc1ccc2c(c1)NC(=O)CO2. The summed E-state index contributed by atoms with van der Waals surface area (Å²) in [6, 6.07) is 5.18. The first-order valence-electron chi connectivity index (χ1n) is 6.57. The van der Waals surface area contributed by atoms with E-state index in [1.807, 2.05) is 13.8 Å². The second kappa shape index (κ2) is 6.27. The highest BCUT2D eigenvalue weighted by molar-refractivity contribution is 5.95. The molecule has 2 N–H and O–H groups in total.